The molecule has 0 saturated carbocycles. The van der Waals surface area contributed by atoms with Crippen LogP contribution in [0.1, 0.15) is 19.3 Å². The van der Waals surface area contributed by atoms with E-state index in [1.807, 2.05) is 18.2 Å². The average Bonchev–Trinajstić information content (AvgIpc) is 2.98. The third-order valence-corrected chi connectivity index (χ3v) is 5.02. The summed E-state index contributed by atoms with van der Waals surface area (Å²) in [6.45, 7) is 1.50. The largest absolute Gasteiger partial charge is 0.494 e. The zero-order valence-electron chi connectivity index (χ0n) is 12.8. The number of halogens is 1. The number of fused-ring (bicyclic) bond motifs is 1. The minimum atomic E-state index is 0.740. The fourth-order valence-electron chi connectivity index (χ4n) is 2.44. The first-order valence-electron chi connectivity index (χ1n) is 7.76. The Labute approximate surface area is 148 Å². The van der Waals surface area contributed by atoms with Crippen LogP contribution in [0.4, 0.5) is 0 Å². The molecule has 0 saturated heterocycles. The fraction of sp³-hybridized carbons (Fsp3) is 0.278. The Morgan fingerprint density at radius 1 is 1.04 bits per heavy atom. The molecule has 0 aliphatic heterocycles. The van der Waals surface area contributed by atoms with E-state index >= 15 is 0 Å². The molecular formula is C18H19BrN2OS. The summed E-state index contributed by atoms with van der Waals surface area (Å²) in [4.78, 5) is 0. The summed E-state index contributed by atoms with van der Waals surface area (Å²) in [5.41, 5.74) is 7.66. The van der Waals surface area contributed by atoms with Gasteiger partial charge < -0.3 is 10.5 Å². The van der Waals surface area contributed by atoms with Crippen LogP contribution in [-0.4, -0.2) is 17.5 Å². The third kappa shape index (κ3) is 4.10. The SMILES string of the molecule is NCCCCCOc1ccc2c(-c3ccc(Br)cc3)nsc2c1. The van der Waals surface area contributed by atoms with Crippen LogP contribution in [0, 0.1) is 0 Å². The number of rotatable bonds is 7. The van der Waals surface area contributed by atoms with Gasteiger partial charge in [0.15, 0.2) is 0 Å². The number of ether oxygens (including phenoxy) is 1. The number of unbranched alkanes of at least 4 members (excludes halogenated alkanes) is 2. The average molecular weight is 391 g/mol. The first-order valence-corrected chi connectivity index (χ1v) is 9.33. The summed E-state index contributed by atoms with van der Waals surface area (Å²) in [5, 5.41) is 1.17. The molecule has 3 rings (SSSR count). The van der Waals surface area contributed by atoms with Gasteiger partial charge in [0.1, 0.15) is 5.75 Å². The lowest BCUT2D eigenvalue weighted by molar-refractivity contribution is 0.306. The fourth-order valence-corrected chi connectivity index (χ4v) is 3.53. The normalized spacial score (nSPS) is 11.0. The maximum Gasteiger partial charge on any atom is 0.120 e. The number of hydrogen-bond acceptors (Lipinski definition) is 4. The maximum absolute atomic E-state index is 5.82. The second-order valence-corrected chi connectivity index (χ2v) is 7.11. The molecule has 0 atom stereocenters. The number of nitrogens with two attached hydrogens (primary N) is 1. The zero-order chi connectivity index (χ0) is 16.1. The monoisotopic (exact) mass is 390 g/mol. The second kappa shape index (κ2) is 7.90. The van der Waals surface area contributed by atoms with Crippen molar-refractivity contribution in [3.8, 4) is 17.0 Å². The van der Waals surface area contributed by atoms with Crippen molar-refractivity contribution in [3.63, 3.8) is 0 Å². The van der Waals surface area contributed by atoms with Crippen molar-refractivity contribution in [3.05, 3.63) is 46.9 Å². The van der Waals surface area contributed by atoms with Gasteiger partial charge in [0.05, 0.1) is 17.0 Å². The van der Waals surface area contributed by atoms with Gasteiger partial charge in [-0.2, -0.15) is 4.37 Å². The molecule has 2 N–H and O–H groups in total. The molecule has 0 unspecified atom stereocenters. The number of nitrogens with zero attached hydrogens (tertiary/aromatic N) is 1. The van der Waals surface area contributed by atoms with Crippen molar-refractivity contribution < 1.29 is 4.74 Å². The molecule has 2 aromatic carbocycles. The van der Waals surface area contributed by atoms with Gasteiger partial charge in [-0.05, 0) is 67.7 Å². The molecule has 3 nitrogen and oxygen atoms in total. The molecule has 1 aromatic heterocycles. The maximum atomic E-state index is 5.82. The first kappa shape index (κ1) is 16.4. The summed E-state index contributed by atoms with van der Waals surface area (Å²) in [7, 11) is 0. The van der Waals surface area contributed by atoms with E-state index in [-0.39, 0.29) is 0 Å². The molecular weight excluding hydrogens is 372 g/mol. The summed E-state index contributed by atoms with van der Waals surface area (Å²) >= 11 is 4.98. The van der Waals surface area contributed by atoms with Gasteiger partial charge in [-0.15, -0.1) is 0 Å². The van der Waals surface area contributed by atoms with E-state index in [0.717, 1.165) is 58.6 Å². The highest BCUT2D eigenvalue weighted by molar-refractivity contribution is 9.10. The Hall–Kier alpha value is -1.43. The van der Waals surface area contributed by atoms with E-state index < -0.39 is 0 Å². The lowest BCUT2D eigenvalue weighted by atomic mass is 10.1. The van der Waals surface area contributed by atoms with E-state index in [2.05, 4.69) is 44.6 Å². The van der Waals surface area contributed by atoms with Crippen LogP contribution in [0.5, 0.6) is 5.75 Å². The van der Waals surface area contributed by atoms with Crippen molar-refractivity contribution in [1.82, 2.24) is 4.37 Å². The van der Waals surface area contributed by atoms with E-state index in [4.69, 9.17) is 10.5 Å². The van der Waals surface area contributed by atoms with Crippen LogP contribution in [0.15, 0.2) is 46.9 Å². The van der Waals surface area contributed by atoms with Crippen LogP contribution in [0.3, 0.4) is 0 Å². The molecule has 0 fully saturated rings. The van der Waals surface area contributed by atoms with Crippen LogP contribution in [0.25, 0.3) is 21.3 Å². The molecule has 5 heteroatoms. The highest BCUT2D eigenvalue weighted by atomic mass is 79.9. The molecule has 0 radical (unpaired) electrons. The number of benzene rings is 2. The predicted octanol–water partition coefficient (Wildman–Crippen LogP) is 5.23. The molecule has 23 heavy (non-hydrogen) atoms. The van der Waals surface area contributed by atoms with Crippen molar-refractivity contribution in [2.75, 3.05) is 13.2 Å². The van der Waals surface area contributed by atoms with Crippen LogP contribution in [-0.2, 0) is 0 Å². The minimum absolute atomic E-state index is 0.740. The topological polar surface area (TPSA) is 48.1 Å². The van der Waals surface area contributed by atoms with Gasteiger partial charge in [-0.1, -0.05) is 28.1 Å². The lowest BCUT2D eigenvalue weighted by Crippen LogP contribution is -2.01. The Morgan fingerprint density at radius 3 is 2.65 bits per heavy atom. The van der Waals surface area contributed by atoms with Gasteiger partial charge in [-0.25, -0.2) is 0 Å². The van der Waals surface area contributed by atoms with Crippen molar-refractivity contribution in [1.29, 1.82) is 0 Å². The van der Waals surface area contributed by atoms with Crippen LogP contribution >= 0.6 is 27.5 Å². The minimum Gasteiger partial charge on any atom is -0.494 e. The third-order valence-electron chi connectivity index (χ3n) is 3.68. The molecule has 0 amide bonds. The molecule has 0 aliphatic rings. The smallest absolute Gasteiger partial charge is 0.120 e. The van der Waals surface area contributed by atoms with E-state index in [1.165, 1.54) is 16.9 Å². The zero-order valence-corrected chi connectivity index (χ0v) is 15.2. The lowest BCUT2D eigenvalue weighted by Gasteiger charge is -2.06. The Morgan fingerprint density at radius 2 is 1.87 bits per heavy atom. The van der Waals surface area contributed by atoms with Crippen molar-refractivity contribution in [2.45, 2.75) is 19.3 Å². The van der Waals surface area contributed by atoms with Gasteiger partial charge >= 0.3 is 0 Å². The molecule has 3 aromatic rings. The van der Waals surface area contributed by atoms with E-state index in [9.17, 15) is 0 Å². The Kier molecular flexibility index (Phi) is 5.65. The van der Waals surface area contributed by atoms with Crippen LogP contribution in [0.2, 0.25) is 0 Å². The van der Waals surface area contributed by atoms with Gasteiger partial charge in [0, 0.05) is 15.4 Å². The first-order chi connectivity index (χ1) is 11.3. The summed E-state index contributed by atoms with van der Waals surface area (Å²) in [6, 6.07) is 14.5. The van der Waals surface area contributed by atoms with Crippen molar-refractivity contribution in [2.24, 2.45) is 5.73 Å². The molecule has 0 bridgehead atoms. The Balaban J connectivity index is 1.73. The van der Waals surface area contributed by atoms with E-state index in [1.54, 1.807) is 0 Å². The van der Waals surface area contributed by atoms with E-state index in [0.29, 0.717) is 0 Å². The van der Waals surface area contributed by atoms with Crippen LogP contribution < -0.4 is 10.5 Å². The predicted molar refractivity (Wildman–Crippen MR) is 101 cm³/mol. The highest BCUT2D eigenvalue weighted by Gasteiger charge is 2.09. The number of hydrogen-bond donors (Lipinski definition) is 1. The molecule has 0 aliphatic carbocycles. The van der Waals surface area contributed by atoms with Crippen molar-refractivity contribution >= 4 is 37.5 Å². The summed E-state index contributed by atoms with van der Waals surface area (Å²) in [5.74, 6) is 0.913. The molecule has 1 heterocycles. The van der Waals surface area contributed by atoms with Gasteiger partial charge in [-0.3, -0.25) is 0 Å². The molecule has 120 valence electrons. The Bertz CT molecular complexity index is 770. The standard InChI is InChI=1S/C18H19BrN2OS/c19-14-6-4-13(5-7-14)18-16-9-8-15(12-17(16)23-21-18)22-11-3-1-2-10-20/h4-9,12H,1-3,10-11,20H2. The summed E-state index contributed by atoms with van der Waals surface area (Å²) in [6.07, 6.45) is 3.23. The summed E-state index contributed by atoms with van der Waals surface area (Å²) < 4.78 is 12.7. The second-order valence-electron chi connectivity index (χ2n) is 5.39. The quantitative estimate of drug-likeness (QED) is 0.561. The molecule has 0 spiro atoms. The highest BCUT2D eigenvalue weighted by Crippen LogP contribution is 2.33. The van der Waals surface area contributed by atoms with Gasteiger partial charge in [0.2, 0.25) is 0 Å². The number of aromatic nitrogens is 1. The van der Waals surface area contributed by atoms with Gasteiger partial charge in [0.25, 0.3) is 0 Å².